The molecule has 39 heavy (non-hydrogen) atoms. The van der Waals surface area contributed by atoms with Gasteiger partial charge < -0.3 is 23.7 Å². The lowest BCUT2D eigenvalue weighted by molar-refractivity contribution is -0.142. The molecular weight excluding hydrogens is 500 g/mol. The van der Waals surface area contributed by atoms with Gasteiger partial charge in [-0.3, -0.25) is 4.90 Å². The fourth-order valence-electron chi connectivity index (χ4n) is 3.81. The molecule has 0 aliphatic rings. The lowest BCUT2D eigenvalue weighted by Gasteiger charge is -2.25. The third-order valence-electron chi connectivity index (χ3n) is 6.12. The first kappa shape index (κ1) is 27.3. The smallest absolute Gasteiger partial charge is 0.416 e. The summed E-state index contributed by atoms with van der Waals surface area (Å²) in [7, 11) is 1.53. The Bertz CT molecular complexity index is 1380. The molecule has 0 saturated heterocycles. The van der Waals surface area contributed by atoms with Crippen molar-refractivity contribution >= 4 is 12.1 Å². The van der Waals surface area contributed by atoms with Crippen LogP contribution in [0.1, 0.15) is 23.9 Å². The zero-order valence-corrected chi connectivity index (χ0v) is 22.0. The number of carbonyl (C=O) groups excluding carboxylic acids is 1. The van der Waals surface area contributed by atoms with Crippen molar-refractivity contribution in [2.45, 2.75) is 32.9 Å². The maximum Gasteiger partial charge on any atom is 0.416 e. The number of oxazole rings is 1. The Hall–Kier alpha value is -4.79. The summed E-state index contributed by atoms with van der Waals surface area (Å²) >= 11 is 0. The number of carboxylic acid groups (broad SMARTS) is 1. The molecule has 1 unspecified atom stereocenters. The Labute approximate surface area is 226 Å². The number of carboxylic acids is 1. The second kappa shape index (κ2) is 12.6. The number of amides is 1. The molecule has 1 aromatic heterocycles. The Morgan fingerprint density at radius 2 is 1.59 bits per heavy atom. The fraction of sp³-hybridized carbons (Fsp3) is 0.233. The van der Waals surface area contributed by atoms with Crippen LogP contribution in [-0.4, -0.2) is 46.8 Å². The molecule has 0 bridgehead atoms. The number of nitrogens with zero attached hydrogens (tertiary/aromatic N) is 2. The van der Waals surface area contributed by atoms with Crippen molar-refractivity contribution in [2.24, 2.45) is 0 Å². The number of aryl methyl sites for hydroxylation is 1. The second-order valence-electron chi connectivity index (χ2n) is 8.82. The number of rotatable bonds is 11. The topological polar surface area (TPSA) is 111 Å². The number of hydrogen-bond donors (Lipinski definition) is 1. The molecule has 1 atom stereocenters. The minimum absolute atomic E-state index is 0.0448. The molecule has 4 aromatic rings. The number of carbonyl (C=O) groups is 2. The van der Waals surface area contributed by atoms with Gasteiger partial charge in [-0.15, -0.1) is 0 Å². The molecule has 9 nitrogen and oxygen atoms in total. The van der Waals surface area contributed by atoms with E-state index in [-0.39, 0.29) is 12.3 Å². The SMILES string of the molecule is COc1ccc(OC(=O)N(Cc2ccc(OCCc3nc(-c4ccccc4)oc3C)cc2)C(C)C(=O)O)cc1. The molecule has 1 heterocycles. The van der Waals surface area contributed by atoms with Gasteiger partial charge in [-0.1, -0.05) is 30.3 Å². The predicted molar refractivity (Wildman–Crippen MR) is 144 cm³/mol. The zero-order chi connectivity index (χ0) is 27.8. The van der Waals surface area contributed by atoms with Gasteiger partial charge in [-0.25, -0.2) is 14.6 Å². The van der Waals surface area contributed by atoms with Crippen LogP contribution in [0.3, 0.4) is 0 Å². The minimum Gasteiger partial charge on any atom is -0.497 e. The van der Waals surface area contributed by atoms with Gasteiger partial charge in [0.15, 0.2) is 0 Å². The quantitative estimate of drug-likeness (QED) is 0.261. The lowest BCUT2D eigenvalue weighted by atomic mass is 10.2. The van der Waals surface area contributed by atoms with Gasteiger partial charge >= 0.3 is 12.1 Å². The molecule has 0 fully saturated rings. The predicted octanol–water partition coefficient (Wildman–Crippen LogP) is 5.75. The summed E-state index contributed by atoms with van der Waals surface area (Å²) in [5, 5.41) is 9.54. The van der Waals surface area contributed by atoms with Crippen molar-refractivity contribution in [3.8, 4) is 28.7 Å². The minimum atomic E-state index is -1.14. The first-order valence-corrected chi connectivity index (χ1v) is 12.4. The lowest BCUT2D eigenvalue weighted by Crippen LogP contribution is -2.44. The average molecular weight is 531 g/mol. The number of aromatic nitrogens is 1. The van der Waals surface area contributed by atoms with Gasteiger partial charge in [0, 0.05) is 18.5 Å². The number of ether oxygens (including phenoxy) is 3. The van der Waals surface area contributed by atoms with Crippen LogP contribution in [0.5, 0.6) is 17.2 Å². The molecule has 1 amide bonds. The van der Waals surface area contributed by atoms with E-state index in [1.54, 1.807) is 48.5 Å². The van der Waals surface area contributed by atoms with E-state index in [0.717, 1.165) is 27.5 Å². The maximum absolute atomic E-state index is 12.9. The standard InChI is InChI=1S/C30H30N2O7/c1-20(29(33)34)32(30(35)39-26-15-13-24(36-3)14-16-26)19-22-9-11-25(12-10-22)37-18-17-27-21(2)38-28(31-27)23-7-5-4-6-8-23/h4-16,20H,17-19H2,1-3H3,(H,33,34). The average Bonchev–Trinajstić information content (AvgIpc) is 3.33. The number of benzene rings is 3. The molecule has 1 N–H and O–H groups in total. The van der Waals surface area contributed by atoms with E-state index in [1.807, 2.05) is 37.3 Å². The Balaban J connectivity index is 1.35. The van der Waals surface area contributed by atoms with Crippen molar-refractivity contribution < 1.29 is 33.3 Å². The van der Waals surface area contributed by atoms with E-state index in [4.69, 9.17) is 18.6 Å². The maximum atomic E-state index is 12.9. The van der Waals surface area contributed by atoms with Gasteiger partial charge in [0.05, 0.1) is 19.4 Å². The molecule has 0 saturated carbocycles. The summed E-state index contributed by atoms with van der Waals surface area (Å²) in [6, 6.07) is 22.2. The largest absolute Gasteiger partial charge is 0.497 e. The summed E-state index contributed by atoms with van der Waals surface area (Å²) in [5.74, 6) is 1.73. The molecule has 0 radical (unpaired) electrons. The highest BCUT2D eigenvalue weighted by Crippen LogP contribution is 2.23. The van der Waals surface area contributed by atoms with Crippen molar-refractivity contribution in [2.75, 3.05) is 13.7 Å². The number of aliphatic carboxylic acids is 1. The van der Waals surface area contributed by atoms with Crippen LogP contribution in [0.4, 0.5) is 4.79 Å². The highest BCUT2D eigenvalue weighted by atomic mass is 16.6. The van der Waals surface area contributed by atoms with Crippen molar-refractivity contribution in [3.05, 3.63) is 95.9 Å². The second-order valence-corrected chi connectivity index (χ2v) is 8.82. The Morgan fingerprint density at radius 3 is 2.23 bits per heavy atom. The Kier molecular flexibility index (Phi) is 8.83. The van der Waals surface area contributed by atoms with Crippen LogP contribution in [0.2, 0.25) is 0 Å². The first-order valence-electron chi connectivity index (χ1n) is 12.4. The van der Waals surface area contributed by atoms with Crippen LogP contribution >= 0.6 is 0 Å². The van der Waals surface area contributed by atoms with Gasteiger partial charge in [-0.05, 0) is 67.9 Å². The van der Waals surface area contributed by atoms with Crippen molar-refractivity contribution in [3.63, 3.8) is 0 Å². The van der Waals surface area contributed by atoms with Crippen LogP contribution in [0, 0.1) is 6.92 Å². The van der Waals surface area contributed by atoms with Crippen LogP contribution < -0.4 is 14.2 Å². The summed E-state index contributed by atoms with van der Waals surface area (Å²) in [6.07, 6.45) is -0.196. The zero-order valence-electron chi connectivity index (χ0n) is 22.0. The fourth-order valence-corrected chi connectivity index (χ4v) is 3.81. The molecule has 4 rings (SSSR count). The molecule has 0 aliphatic carbocycles. The van der Waals surface area contributed by atoms with Crippen LogP contribution in [0.15, 0.2) is 83.3 Å². The summed E-state index contributed by atoms with van der Waals surface area (Å²) in [5.41, 5.74) is 2.48. The number of hydrogen-bond acceptors (Lipinski definition) is 7. The van der Waals surface area contributed by atoms with Gasteiger partial charge in [0.25, 0.3) is 0 Å². The molecule has 0 aliphatic heterocycles. The molecule has 3 aromatic carbocycles. The molecule has 0 spiro atoms. The highest BCUT2D eigenvalue weighted by Gasteiger charge is 2.27. The summed E-state index contributed by atoms with van der Waals surface area (Å²) < 4.78 is 22.2. The number of methoxy groups -OCH3 is 1. The third kappa shape index (κ3) is 7.16. The first-order chi connectivity index (χ1) is 18.8. The van der Waals surface area contributed by atoms with Gasteiger partial charge in [-0.2, -0.15) is 0 Å². The molecular formula is C30H30N2O7. The van der Waals surface area contributed by atoms with Crippen molar-refractivity contribution in [1.82, 2.24) is 9.88 Å². The Morgan fingerprint density at radius 1 is 0.949 bits per heavy atom. The van der Waals surface area contributed by atoms with Gasteiger partial charge in [0.1, 0.15) is 29.1 Å². The molecule has 9 heteroatoms. The molecule has 202 valence electrons. The van der Waals surface area contributed by atoms with Crippen LogP contribution in [0.25, 0.3) is 11.5 Å². The van der Waals surface area contributed by atoms with E-state index >= 15 is 0 Å². The van der Waals surface area contributed by atoms with E-state index in [9.17, 15) is 14.7 Å². The van der Waals surface area contributed by atoms with Gasteiger partial charge in [0.2, 0.25) is 5.89 Å². The van der Waals surface area contributed by atoms with E-state index < -0.39 is 18.1 Å². The van der Waals surface area contributed by atoms with E-state index in [0.29, 0.717) is 30.4 Å². The summed E-state index contributed by atoms with van der Waals surface area (Å²) in [4.78, 5) is 30.3. The third-order valence-corrected chi connectivity index (χ3v) is 6.12. The highest BCUT2D eigenvalue weighted by molar-refractivity contribution is 5.80. The summed E-state index contributed by atoms with van der Waals surface area (Å²) in [6.45, 7) is 3.76. The monoisotopic (exact) mass is 530 g/mol. The van der Waals surface area contributed by atoms with Crippen LogP contribution in [-0.2, 0) is 17.8 Å². The van der Waals surface area contributed by atoms with Crippen molar-refractivity contribution in [1.29, 1.82) is 0 Å². The van der Waals surface area contributed by atoms with E-state index in [2.05, 4.69) is 4.98 Å². The normalized spacial score (nSPS) is 11.5. The van der Waals surface area contributed by atoms with E-state index in [1.165, 1.54) is 14.0 Å².